The van der Waals surface area contributed by atoms with Gasteiger partial charge in [0.2, 0.25) is 0 Å². The molecule has 0 amide bonds. The van der Waals surface area contributed by atoms with Crippen LogP contribution in [0, 0.1) is 24.0 Å². The lowest BCUT2D eigenvalue weighted by molar-refractivity contribution is -0.386. The van der Waals surface area contributed by atoms with Crippen molar-refractivity contribution in [3.63, 3.8) is 0 Å². The number of aliphatic imine (C=N–C) groups is 1. The maximum absolute atomic E-state index is 10.9. The van der Waals surface area contributed by atoms with Gasteiger partial charge >= 0.3 is 0 Å². The van der Waals surface area contributed by atoms with Crippen LogP contribution in [0.1, 0.15) is 16.7 Å². The number of aryl methyl sites for hydroxylation is 2. The zero-order valence-corrected chi connectivity index (χ0v) is 10.8. The van der Waals surface area contributed by atoms with Gasteiger partial charge in [-0.15, -0.1) is 0 Å². The van der Waals surface area contributed by atoms with Crippen molar-refractivity contribution >= 4 is 17.6 Å². The van der Waals surface area contributed by atoms with Crippen LogP contribution in [0.4, 0.5) is 11.4 Å². The summed E-state index contributed by atoms with van der Waals surface area (Å²) in [7, 11) is 0. The molecule has 0 heterocycles. The fraction of sp³-hybridized carbons (Fsp3) is 0.133. The molecule has 0 saturated carbocycles. The number of hydrogen-bond donors (Lipinski definition) is 0. The third-order valence-electron chi connectivity index (χ3n) is 2.82. The monoisotopic (exact) mass is 254 g/mol. The minimum absolute atomic E-state index is 0.165. The molecule has 19 heavy (non-hydrogen) atoms. The molecule has 0 radical (unpaired) electrons. The van der Waals surface area contributed by atoms with E-state index in [4.69, 9.17) is 0 Å². The van der Waals surface area contributed by atoms with E-state index in [9.17, 15) is 10.1 Å². The van der Waals surface area contributed by atoms with E-state index < -0.39 is 0 Å². The minimum atomic E-state index is -0.352. The van der Waals surface area contributed by atoms with Gasteiger partial charge in [-0.05, 0) is 31.5 Å². The van der Waals surface area contributed by atoms with Gasteiger partial charge in [-0.3, -0.25) is 15.1 Å². The lowest BCUT2D eigenvalue weighted by atomic mass is 10.1. The summed E-state index contributed by atoms with van der Waals surface area (Å²) in [6.07, 6.45) is 1.75. The second kappa shape index (κ2) is 5.44. The van der Waals surface area contributed by atoms with Crippen molar-refractivity contribution in [2.75, 3.05) is 0 Å². The SMILES string of the molecule is Cc1cc(N=Cc2ccccc2)cc(C)c1[N+](=O)[O-]. The highest BCUT2D eigenvalue weighted by Crippen LogP contribution is 2.28. The second-order valence-corrected chi connectivity index (χ2v) is 4.35. The van der Waals surface area contributed by atoms with Crippen molar-refractivity contribution in [1.29, 1.82) is 0 Å². The predicted molar refractivity (Wildman–Crippen MR) is 76.3 cm³/mol. The van der Waals surface area contributed by atoms with Gasteiger partial charge in [0.15, 0.2) is 0 Å². The summed E-state index contributed by atoms with van der Waals surface area (Å²) in [6.45, 7) is 3.46. The first-order valence-corrected chi connectivity index (χ1v) is 5.92. The minimum Gasteiger partial charge on any atom is -0.258 e. The van der Waals surface area contributed by atoms with Crippen molar-refractivity contribution in [3.05, 3.63) is 69.3 Å². The lowest BCUT2D eigenvalue weighted by Crippen LogP contribution is -1.94. The Bertz CT molecular complexity index is 611. The molecule has 0 N–H and O–H groups in total. The van der Waals surface area contributed by atoms with Gasteiger partial charge in [-0.2, -0.15) is 0 Å². The molecule has 0 spiro atoms. The second-order valence-electron chi connectivity index (χ2n) is 4.35. The van der Waals surface area contributed by atoms with E-state index in [2.05, 4.69) is 4.99 Å². The van der Waals surface area contributed by atoms with Crippen molar-refractivity contribution in [1.82, 2.24) is 0 Å². The van der Waals surface area contributed by atoms with Crippen LogP contribution in [0.25, 0.3) is 0 Å². The summed E-state index contributed by atoms with van der Waals surface area (Å²) < 4.78 is 0. The van der Waals surface area contributed by atoms with Crippen LogP contribution >= 0.6 is 0 Å². The van der Waals surface area contributed by atoms with E-state index >= 15 is 0 Å². The maximum atomic E-state index is 10.9. The summed E-state index contributed by atoms with van der Waals surface area (Å²) in [5.74, 6) is 0. The van der Waals surface area contributed by atoms with Crippen LogP contribution in [0.3, 0.4) is 0 Å². The molecule has 2 rings (SSSR count). The fourth-order valence-corrected chi connectivity index (χ4v) is 1.98. The molecule has 4 nitrogen and oxygen atoms in total. The van der Waals surface area contributed by atoms with Crippen molar-refractivity contribution in [2.24, 2.45) is 4.99 Å². The number of nitro groups is 1. The fourth-order valence-electron chi connectivity index (χ4n) is 1.98. The average molecular weight is 254 g/mol. The number of hydrogen-bond acceptors (Lipinski definition) is 3. The molecule has 0 aliphatic rings. The third-order valence-corrected chi connectivity index (χ3v) is 2.82. The highest BCUT2D eigenvalue weighted by Gasteiger charge is 2.14. The van der Waals surface area contributed by atoms with Gasteiger partial charge in [0.05, 0.1) is 10.6 Å². The van der Waals surface area contributed by atoms with Gasteiger partial charge in [0.1, 0.15) is 0 Å². The van der Waals surface area contributed by atoms with Crippen molar-refractivity contribution < 1.29 is 4.92 Å². The molecule has 2 aromatic rings. The molecule has 0 saturated heterocycles. The first-order chi connectivity index (χ1) is 9.08. The quantitative estimate of drug-likeness (QED) is 0.473. The molecule has 0 aliphatic heterocycles. The van der Waals surface area contributed by atoms with E-state index in [0.29, 0.717) is 11.1 Å². The molecule has 0 aromatic heterocycles. The molecule has 0 bridgehead atoms. The lowest BCUT2D eigenvalue weighted by Gasteiger charge is -2.02. The summed E-state index contributed by atoms with van der Waals surface area (Å²) in [5, 5.41) is 10.9. The molecule has 0 unspecified atom stereocenters. The Morgan fingerprint density at radius 1 is 1.11 bits per heavy atom. The van der Waals surface area contributed by atoms with Crippen LogP contribution < -0.4 is 0 Å². The van der Waals surface area contributed by atoms with E-state index in [-0.39, 0.29) is 10.6 Å². The summed E-state index contributed by atoms with van der Waals surface area (Å²) in [4.78, 5) is 14.9. The van der Waals surface area contributed by atoms with Crippen LogP contribution in [-0.4, -0.2) is 11.1 Å². The molecule has 0 atom stereocenters. The van der Waals surface area contributed by atoms with Crippen LogP contribution in [0.2, 0.25) is 0 Å². The first kappa shape index (κ1) is 13.0. The average Bonchev–Trinajstić information content (AvgIpc) is 2.36. The number of nitrogens with zero attached hydrogens (tertiary/aromatic N) is 2. The van der Waals surface area contributed by atoms with Gasteiger partial charge in [-0.25, -0.2) is 0 Å². The van der Waals surface area contributed by atoms with Crippen molar-refractivity contribution in [3.8, 4) is 0 Å². The largest absolute Gasteiger partial charge is 0.275 e. The van der Waals surface area contributed by atoms with E-state index in [1.165, 1.54) is 0 Å². The molecule has 96 valence electrons. The third kappa shape index (κ3) is 3.04. The molecular formula is C15H14N2O2. The normalized spacial score (nSPS) is 10.8. The Morgan fingerprint density at radius 2 is 1.68 bits per heavy atom. The topological polar surface area (TPSA) is 55.5 Å². The number of benzene rings is 2. The van der Waals surface area contributed by atoms with Gasteiger partial charge in [0, 0.05) is 17.3 Å². The van der Waals surface area contributed by atoms with E-state index in [1.54, 1.807) is 32.2 Å². The number of rotatable bonds is 3. The van der Waals surface area contributed by atoms with Crippen LogP contribution in [0.15, 0.2) is 47.5 Å². The van der Waals surface area contributed by atoms with Gasteiger partial charge in [0.25, 0.3) is 5.69 Å². The van der Waals surface area contributed by atoms with Crippen LogP contribution in [0.5, 0.6) is 0 Å². The van der Waals surface area contributed by atoms with E-state index in [1.807, 2.05) is 30.3 Å². The number of nitro benzene ring substituents is 1. The van der Waals surface area contributed by atoms with Crippen LogP contribution in [-0.2, 0) is 0 Å². The van der Waals surface area contributed by atoms with E-state index in [0.717, 1.165) is 11.3 Å². The van der Waals surface area contributed by atoms with Crippen molar-refractivity contribution in [2.45, 2.75) is 13.8 Å². The molecule has 2 aromatic carbocycles. The summed E-state index contributed by atoms with van der Waals surface area (Å²) in [6, 6.07) is 13.2. The molecule has 0 aliphatic carbocycles. The Morgan fingerprint density at radius 3 is 2.21 bits per heavy atom. The predicted octanol–water partition coefficient (Wildman–Crippen LogP) is 3.96. The Kier molecular flexibility index (Phi) is 3.71. The zero-order valence-electron chi connectivity index (χ0n) is 10.8. The maximum Gasteiger partial charge on any atom is 0.275 e. The first-order valence-electron chi connectivity index (χ1n) is 5.92. The highest BCUT2D eigenvalue weighted by molar-refractivity contribution is 5.82. The Balaban J connectivity index is 2.33. The smallest absolute Gasteiger partial charge is 0.258 e. The van der Waals surface area contributed by atoms with Gasteiger partial charge in [-0.1, -0.05) is 30.3 Å². The van der Waals surface area contributed by atoms with Gasteiger partial charge < -0.3 is 0 Å². The molecule has 0 fully saturated rings. The molecule has 4 heteroatoms. The highest BCUT2D eigenvalue weighted by atomic mass is 16.6. The Hall–Kier alpha value is -2.49. The zero-order chi connectivity index (χ0) is 13.8. The summed E-state index contributed by atoms with van der Waals surface area (Å²) >= 11 is 0. The summed E-state index contributed by atoms with van der Waals surface area (Å²) in [5.41, 5.74) is 3.15. The molecular weight excluding hydrogens is 240 g/mol. The Labute approximate surface area is 111 Å². The standard InChI is InChI=1S/C15H14N2O2/c1-11-8-14(9-12(2)15(11)17(18)19)16-10-13-6-4-3-5-7-13/h3-10H,1-2H3.